The van der Waals surface area contributed by atoms with Gasteiger partial charge in [0.2, 0.25) is 0 Å². The first-order chi connectivity index (χ1) is 37.2. The highest BCUT2D eigenvalue weighted by atomic mass is 15.1. The lowest BCUT2D eigenvalue weighted by Gasteiger charge is -2.34. The zero-order valence-electron chi connectivity index (χ0n) is 41.1. The summed E-state index contributed by atoms with van der Waals surface area (Å²) in [7, 11) is 0. The molecule has 75 heavy (non-hydrogen) atoms. The Labute approximate surface area is 438 Å². The number of hydrogen-bond donors (Lipinski definition) is 0. The highest BCUT2D eigenvalue weighted by molar-refractivity contribution is 6.10. The van der Waals surface area contributed by atoms with Crippen LogP contribution in [0.1, 0.15) is 44.5 Å². The average Bonchev–Trinajstić information content (AvgIpc) is 4.18. The first-order valence-electron chi connectivity index (χ1n) is 26.2. The van der Waals surface area contributed by atoms with Gasteiger partial charge in [0, 0.05) is 17.1 Å². The monoisotopic (exact) mass is 949 g/mol. The Kier molecular flexibility index (Phi) is 8.94. The molecule has 4 aliphatic rings. The molecule has 2 spiro atoms. The van der Waals surface area contributed by atoms with E-state index in [2.05, 4.69) is 290 Å². The molecular weight excluding hydrogens is 903 g/mol. The van der Waals surface area contributed by atoms with E-state index in [1.807, 2.05) is 0 Å². The molecule has 0 saturated heterocycles. The molecule has 0 bridgehead atoms. The van der Waals surface area contributed by atoms with E-state index in [-0.39, 0.29) is 0 Å². The van der Waals surface area contributed by atoms with Gasteiger partial charge in [-0.1, -0.05) is 249 Å². The first-order valence-corrected chi connectivity index (χ1v) is 26.2. The van der Waals surface area contributed by atoms with Crippen molar-refractivity contribution in [2.24, 2.45) is 0 Å². The van der Waals surface area contributed by atoms with Crippen LogP contribution in [0.2, 0.25) is 0 Å². The quantitative estimate of drug-likeness (QED) is 0.161. The third-order valence-electron chi connectivity index (χ3n) is 17.1. The van der Waals surface area contributed by atoms with Crippen LogP contribution in [-0.2, 0) is 10.8 Å². The van der Waals surface area contributed by atoms with Crippen molar-refractivity contribution < 1.29 is 0 Å². The van der Waals surface area contributed by atoms with Crippen molar-refractivity contribution in [2.45, 2.75) is 10.8 Å². The van der Waals surface area contributed by atoms with Gasteiger partial charge in [0.15, 0.2) is 0 Å². The van der Waals surface area contributed by atoms with E-state index >= 15 is 0 Å². The van der Waals surface area contributed by atoms with Crippen molar-refractivity contribution in [1.82, 2.24) is 0 Å². The molecule has 0 aliphatic heterocycles. The van der Waals surface area contributed by atoms with Gasteiger partial charge >= 0.3 is 0 Å². The molecule has 0 radical (unpaired) electrons. The molecule has 0 heterocycles. The van der Waals surface area contributed by atoms with E-state index in [1.165, 1.54) is 122 Å². The predicted octanol–water partition coefficient (Wildman–Crippen LogP) is 18.8. The van der Waals surface area contributed by atoms with Crippen LogP contribution in [-0.4, -0.2) is 0 Å². The molecule has 348 valence electrons. The second-order valence-electron chi connectivity index (χ2n) is 20.6. The van der Waals surface area contributed by atoms with Gasteiger partial charge in [-0.2, -0.15) is 0 Å². The molecule has 0 fully saturated rings. The Balaban J connectivity index is 1.03. The van der Waals surface area contributed by atoms with Gasteiger partial charge < -0.3 is 4.90 Å². The standard InChI is InChI=1S/C74H47N/c1-4-20-48(21-5-1)50-36-40-53(41-37-50)75(54-42-38-51(39-43-54)49-22-6-2-7-23-49)55-44-45-67-61(46-55)72-69(74(67)64-33-17-12-28-58(64)59-29-13-18-34-65(59)74)47-68-71(70(72)52-24-8-3-9-25-52)60-30-14-19-35-66(60)73(68)62-31-15-10-26-56(62)57-27-11-16-32-63(57)73/h1-47H. The Morgan fingerprint density at radius 1 is 0.187 bits per heavy atom. The van der Waals surface area contributed by atoms with Gasteiger partial charge in [-0.25, -0.2) is 0 Å². The highest BCUT2D eigenvalue weighted by Gasteiger charge is 2.57. The molecule has 0 atom stereocenters. The maximum Gasteiger partial charge on any atom is 0.0725 e. The number of nitrogens with zero attached hydrogens (tertiary/aromatic N) is 1. The second-order valence-corrected chi connectivity index (χ2v) is 20.6. The van der Waals surface area contributed by atoms with Crippen LogP contribution in [0.3, 0.4) is 0 Å². The lowest BCUT2D eigenvalue weighted by molar-refractivity contribution is 0.768. The molecule has 0 N–H and O–H groups in total. The fraction of sp³-hybridized carbons (Fsp3) is 0.0270. The summed E-state index contributed by atoms with van der Waals surface area (Å²) in [5, 5.41) is 0. The topological polar surface area (TPSA) is 3.24 Å². The molecule has 12 aromatic rings. The van der Waals surface area contributed by atoms with Gasteiger partial charge in [-0.05, 0) is 159 Å². The summed E-state index contributed by atoms with van der Waals surface area (Å²) in [6.45, 7) is 0. The maximum absolute atomic E-state index is 2.69. The molecule has 1 heteroatoms. The summed E-state index contributed by atoms with van der Waals surface area (Å²) < 4.78 is 0. The number of anilines is 3. The summed E-state index contributed by atoms with van der Waals surface area (Å²) >= 11 is 0. The fourth-order valence-corrected chi connectivity index (χ4v) is 14.2. The summed E-state index contributed by atoms with van der Waals surface area (Å²) in [6.07, 6.45) is 0. The molecule has 16 rings (SSSR count). The molecular formula is C74H47N. The predicted molar refractivity (Wildman–Crippen MR) is 310 cm³/mol. The van der Waals surface area contributed by atoms with Crippen LogP contribution in [0.25, 0.3) is 77.9 Å². The minimum Gasteiger partial charge on any atom is -0.310 e. The normalized spacial score (nSPS) is 13.8. The van der Waals surface area contributed by atoms with Crippen molar-refractivity contribution in [1.29, 1.82) is 0 Å². The van der Waals surface area contributed by atoms with E-state index in [4.69, 9.17) is 0 Å². The number of fused-ring (bicyclic) bond motifs is 20. The maximum atomic E-state index is 2.69. The van der Waals surface area contributed by atoms with Crippen molar-refractivity contribution in [2.75, 3.05) is 4.90 Å². The fourth-order valence-electron chi connectivity index (χ4n) is 14.2. The zero-order chi connectivity index (χ0) is 49.2. The van der Waals surface area contributed by atoms with Crippen LogP contribution >= 0.6 is 0 Å². The number of hydrogen-bond acceptors (Lipinski definition) is 1. The molecule has 1 nitrogen and oxygen atoms in total. The van der Waals surface area contributed by atoms with E-state index < -0.39 is 10.8 Å². The largest absolute Gasteiger partial charge is 0.310 e. The SMILES string of the molecule is c1ccc(-c2ccc(N(c3ccc(-c4ccccc4)cc3)c3ccc4c(c3)-c3c(cc5c(c3-c3ccccc3)-c3ccccc3C53c5ccccc5-c5ccccc53)C43c4ccccc4-c4ccccc43)cc2)cc1. The molecule has 0 unspecified atom stereocenters. The van der Waals surface area contributed by atoms with Crippen LogP contribution in [0.4, 0.5) is 17.1 Å². The Bertz CT molecular complexity index is 4090. The van der Waals surface area contributed by atoms with E-state index in [1.54, 1.807) is 0 Å². The Hall–Kier alpha value is -9.56. The van der Waals surface area contributed by atoms with Gasteiger partial charge in [-0.15, -0.1) is 0 Å². The Morgan fingerprint density at radius 2 is 0.493 bits per heavy atom. The lowest BCUT2D eigenvalue weighted by Crippen LogP contribution is -2.29. The van der Waals surface area contributed by atoms with Crippen molar-refractivity contribution in [3.8, 4) is 77.9 Å². The van der Waals surface area contributed by atoms with Gasteiger partial charge in [0.25, 0.3) is 0 Å². The number of rotatable bonds is 6. The zero-order valence-corrected chi connectivity index (χ0v) is 41.1. The summed E-state index contributed by atoms with van der Waals surface area (Å²) in [4.78, 5) is 2.46. The van der Waals surface area contributed by atoms with Gasteiger partial charge in [-0.3, -0.25) is 0 Å². The average molecular weight is 950 g/mol. The number of benzene rings is 12. The minimum atomic E-state index is -0.609. The second kappa shape index (κ2) is 16.0. The van der Waals surface area contributed by atoms with Crippen molar-refractivity contribution in [3.05, 3.63) is 330 Å². The van der Waals surface area contributed by atoms with Gasteiger partial charge in [0.1, 0.15) is 0 Å². The van der Waals surface area contributed by atoms with Crippen LogP contribution in [0.5, 0.6) is 0 Å². The van der Waals surface area contributed by atoms with Crippen LogP contribution in [0, 0.1) is 0 Å². The summed E-state index contributed by atoms with van der Waals surface area (Å²) in [6, 6.07) is 107. The Morgan fingerprint density at radius 3 is 0.920 bits per heavy atom. The van der Waals surface area contributed by atoms with Gasteiger partial charge in [0.05, 0.1) is 10.8 Å². The van der Waals surface area contributed by atoms with Crippen molar-refractivity contribution >= 4 is 17.1 Å². The molecule has 0 aromatic heterocycles. The minimum absolute atomic E-state index is 0.537. The first kappa shape index (κ1) is 42.0. The molecule has 0 saturated carbocycles. The van der Waals surface area contributed by atoms with Crippen molar-refractivity contribution in [3.63, 3.8) is 0 Å². The van der Waals surface area contributed by atoms with Crippen LogP contribution in [0.15, 0.2) is 285 Å². The molecule has 4 aliphatic carbocycles. The smallest absolute Gasteiger partial charge is 0.0725 e. The summed E-state index contributed by atoms with van der Waals surface area (Å²) in [5.41, 5.74) is 30.5. The molecule has 12 aromatic carbocycles. The summed E-state index contributed by atoms with van der Waals surface area (Å²) in [5.74, 6) is 0. The lowest BCUT2D eigenvalue weighted by atomic mass is 9.66. The van der Waals surface area contributed by atoms with E-state index in [0.29, 0.717) is 0 Å². The third kappa shape index (κ3) is 5.67. The molecule has 0 amide bonds. The van der Waals surface area contributed by atoms with E-state index in [9.17, 15) is 0 Å². The van der Waals surface area contributed by atoms with E-state index in [0.717, 1.165) is 17.1 Å². The highest BCUT2D eigenvalue weighted by Crippen LogP contribution is 2.70. The van der Waals surface area contributed by atoms with Crippen LogP contribution < -0.4 is 4.90 Å². The third-order valence-corrected chi connectivity index (χ3v) is 17.1.